The Morgan fingerprint density at radius 3 is 2.47 bits per heavy atom. The van der Waals surface area contributed by atoms with E-state index in [-0.39, 0.29) is 22.4 Å². The van der Waals surface area contributed by atoms with Crippen molar-refractivity contribution in [3.63, 3.8) is 0 Å². The molecule has 1 aromatic rings. The molecule has 0 saturated heterocycles. The quantitative estimate of drug-likeness (QED) is 0.832. The van der Waals surface area contributed by atoms with E-state index >= 15 is 0 Å². The fourth-order valence-electron chi connectivity index (χ4n) is 1.19. The number of halogens is 3. The summed E-state index contributed by atoms with van der Waals surface area (Å²) < 4.78 is 13.1. The Morgan fingerprint density at radius 1 is 1.47 bits per heavy atom. The van der Waals surface area contributed by atoms with E-state index in [0.29, 0.717) is 12.1 Å². The highest BCUT2D eigenvalue weighted by atomic mass is 35.5. The highest BCUT2D eigenvalue weighted by molar-refractivity contribution is 6.35. The predicted molar refractivity (Wildman–Crippen MR) is 66.0 cm³/mol. The first kappa shape index (κ1) is 14.2. The van der Waals surface area contributed by atoms with Gasteiger partial charge >= 0.3 is 0 Å². The van der Waals surface area contributed by atoms with Crippen LogP contribution >= 0.6 is 23.2 Å². The zero-order chi connectivity index (χ0) is 13.0. The Bertz CT molecular complexity index is 401. The van der Waals surface area contributed by atoms with Gasteiger partial charge in [0.2, 0.25) is 5.91 Å². The van der Waals surface area contributed by atoms with Crippen LogP contribution in [0.15, 0.2) is 12.1 Å². The maximum Gasteiger partial charge on any atom is 0.224 e. The molecule has 3 nitrogen and oxygen atoms in total. The summed E-state index contributed by atoms with van der Waals surface area (Å²) >= 11 is 11.2. The summed E-state index contributed by atoms with van der Waals surface area (Å²) in [6.07, 6.45) is -0.0140. The molecule has 1 amide bonds. The van der Waals surface area contributed by atoms with Gasteiger partial charge in [-0.1, -0.05) is 23.2 Å². The Kier molecular flexibility index (Phi) is 5.18. The van der Waals surface area contributed by atoms with E-state index in [2.05, 4.69) is 5.32 Å². The van der Waals surface area contributed by atoms with Gasteiger partial charge in [0, 0.05) is 12.1 Å². The Balaban J connectivity index is 2.66. The molecule has 0 heterocycles. The Hall–Kier alpha value is -0.840. The average molecular weight is 280 g/mol. The number of hydrogen-bond donors (Lipinski definition) is 2. The van der Waals surface area contributed by atoms with Crippen LogP contribution < -0.4 is 5.32 Å². The van der Waals surface area contributed by atoms with E-state index in [1.54, 1.807) is 6.92 Å². The number of aliphatic hydroxyl groups is 1. The number of rotatable bonds is 4. The topological polar surface area (TPSA) is 49.3 Å². The molecule has 6 heteroatoms. The molecule has 0 aromatic heterocycles. The van der Waals surface area contributed by atoms with Gasteiger partial charge in [0.05, 0.1) is 16.1 Å². The van der Waals surface area contributed by atoms with Gasteiger partial charge in [0.15, 0.2) is 5.82 Å². The van der Waals surface area contributed by atoms with Crippen molar-refractivity contribution in [3.8, 4) is 0 Å². The molecule has 0 aliphatic rings. The molecule has 94 valence electrons. The summed E-state index contributed by atoms with van der Waals surface area (Å²) in [7, 11) is 0. The summed E-state index contributed by atoms with van der Waals surface area (Å²) in [5.41, 5.74) is 0.331. The van der Waals surface area contributed by atoms with Crippen LogP contribution in [0.2, 0.25) is 10.0 Å². The van der Waals surface area contributed by atoms with Crippen molar-refractivity contribution in [2.45, 2.75) is 25.9 Å². The van der Waals surface area contributed by atoms with Gasteiger partial charge in [-0.25, -0.2) is 4.39 Å². The first-order valence-electron chi connectivity index (χ1n) is 5.02. The molecule has 0 fully saturated rings. The van der Waals surface area contributed by atoms with E-state index in [9.17, 15) is 9.18 Å². The molecule has 1 aromatic carbocycles. The maximum atomic E-state index is 13.1. The number of carbonyl (C=O) groups excluding carboxylic acids is 1. The van der Waals surface area contributed by atoms with Crippen LogP contribution in [0.5, 0.6) is 0 Å². The second kappa shape index (κ2) is 6.19. The molecular weight excluding hydrogens is 268 g/mol. The number of benzene rings is 1. The number of aliphatic hydroxyl groups excluding tert-OH is 1. The second-order valence-corrected chi connectivity index (χ2v) is 4.50. The van der Waals surface area contributed by atoms with Gasteiger partial charge in [-0.3, -0.25) is 4.79 Å². The molecule has 0 aliphatic heterocycles. The fourth-order valence-corrected chi connectivity index (χ4v) is 1.68. The number of carbonyl (C=O) groups is 1. The van der Waals surface area contributed by atoms with E-state index in [0.717, 1.165) is 0 Å². The maximum absolute atomic E-state index is 13.1. The third-order valence-electron chi connectivity index (χ3n) is 2.06. The lowest BCUT2D eigenvalue weighted by Gasteiger charge is -2.08. The smallest absolute Gasteiger partial charge is 0.224 e. The van der Waals surface area contributed by atoms with Gasteiger partial charge < -0.3 is 10.4 Å². The van der Waals surface area contributed by atoms with Crippen molar-refractivity contribution in [3.05, 3.63) is 28.0 Å². The fraction of sp³-hybridized carbons (Fsp3) is 0.364. The highest BCUT2D eigenvalue weighted by Gasteiger charge is 2.10. The van der Waals surface area contributed by atoms with Crippen LogP contribution in [0.1, 0.15) is 19.8 Å². The van der Waals surface area contributed by atoms with E-state index in [1.165, 1.54) is 12.1 Å². The zero-order valence-corrected chi connectivity index (χ0v) is 10.6. The normalized spacial score (nSPS) is 12.3. The first-order valence-corrected chi connectivity index (χ1v) is 5.78. The van der Waals surface area contributed by atoms with Gasteiger partial charge in [0.25, 0.3) is 0 Å². The van der Waals surface area contributed by atoms with Gasteiger partial charge in [-0.05, 0) is 25.5 Å². The van der Waals surface area contributed by atoms with Crippen LogP contribution in [0, 0.1) is 5.82 Å². The Labute approximate surface area is 109 Å². The summed E-state index contributed by atoms with van der Waals surface area (Å²) in [5, 5.41) is 11.2. The van der Waals surface area contributed by atoms with Crippen LogP contribution in [0.3, 0.4) is 0 Å². The minimum absolute atomic E-state index is 0.150. The largest absolute Gasteiger partial charge is 0.393 e. The molecule has 1 unspecified atom stereocenters. The van der Waals surface area contributed by atoms with Crippen LogP contribution in [0.25, 0.3) is 0 Å². The summed E-state index contributed by atoms with van der Waals surface area (Å²) in [6, 6.07) is 2.56. The lowest BCUT2D eigenvalue weighted by atomic mass is 10.2. The van der Waals surface area contributed by atoms with Crippen molar-refractivity contribution in [1.82, 2.24) is 0 Å². The molecule has 0 spiro atoms. The number of anilines is 1. The molecule has 0 aliphatic carbocycles. The van der Waals surface area contributed by atoms with Gasteiger partial charge in [0.1, 0.15) is 0 Å². The van der Waals surface area contributed by atoms with Crippen LogP contribution in [-0.2, 0) is 4.79 Å². The van der Waals surface area contributed by atoms with Crippen molar-refractivity contribution < 1.29 is 14.3 Å². The minimum atomic E-state index is -0.713. The first-order chi connectivity index (χ1) is 7.90. The number of hydrogen-bond acceptors (Lipinski definition) is 2. The number of amides is 1. The van der Waals surface area contributed by atoms with Crippen LogP contribution in [0.4, 0.5) is 10.1 Å². The molecule has 2 N–H and O–H groups in total. The lowest BCUT2D eigenvalue weighted by Crippen LogP contribution is -2.14. The SMILES string of the molecule is CC(O)CCC(=O)Nc1cc(Cl)c(F)c(Cl)c1. The van der Waals surface area contributed by atoms with E-state index < -0.39 is 11.9 Å². The van der Waals surface area contributed by atoms with E-state index in [4.69, 9.17) is 28.3 Å². The monoisotopic (exact) mass is 279 g/mol. The summed E-state index contributed by atoms with van der Waals surface area (Å²) in [5.74, 6) is -1.00. The second-order valence-electron chi connectivity index (χ2n) is 3.69. The third-order valence-corrected chi connectivity index (χ3v) is 2.61. The summed E-state index contributed by atoms with van der Waals surface area (Å²) in [4.78, 5) is 11.4. The average Bonchev–Trinajstić information content (AvgIpc) is 2.23. The van der Waals surface area contributed by atoms with Gasteiger partial charge in [-0.2, -0.15) is 0 Å². The standard InChI is InChI=1S/C11H12Cl2FNO2/c1-6(16)2-3-10(17)15-7-4-8(12)11(14)9(13)5-7/h4-6,16H,2-3H2,1H3,(H,15,17). The van der Waals surface area contributed by atoms with Gasteiger partial charge in [-0.15, -0.1) is 0 Å². The van der Waals surface area contributed by atoms with Crippen molar-refractivity contribution in [1.29, 1.82) is 0 Å². The molecule has 0 bridgehead atoms. The molecule has 1 atom stereocenters. The zero-order valence-electron chi connectivity index (χ0n) is 9.14. The van der Waals surface area contributed by atoms with Crippen molar-refractivity contribution in [2.75, 3.05) is 5.32 Å². The lowest BCUT2D eigenvalue weighted by molar-refractivity contribution is -0.116. The van der Waals surface area contributed by atoms with E-state index in [1.807, 2.05) is 0 Å². The van der Waals surface area contributed by atoms with Crippen molar-refractivity contribution >= 4 is 34.8 Å². The van der Waals surface area contributed by atoms with Crippen molar-refractivity contribution in [2.24, 2.45) is 0 Å². The third kappa shape index (κ3) is 4.50. The predicted octanol–water partition coefficient (Wildman–Crippen LogP) is 3.23. The Morgan fingerprint density at radius 2 is 2.00 bits per heavy atom. The number of nitrogens with one attached hydrogen (secondary N) is 1. The molecular formula is C11H12Cl2FNO2. The highest BCUT2D eigenvalue weighted by Crippen LogP contribution is 2.27. The summed E-state index contributed by atoms with van der Waals surface area (Å²) in [6.45, 7) is 1.60. The minimum Gasteiger partial charge on any atom is -0.393 e. The van der Waals surface area contributed by atoms with Crippen LogP contribution in [-0.4, -0.2) is 17.1 Å². The molecule has 0 saturated carbocycles. The molecule has 1 rings (SSSR count). The molecule has 0 radical (unpaired) electrons. The molecule has 17 heavy (non-hydrogen) atoms.